The molecular formula is C13H9F7O2. The lowest BCUT2D eigenvalue weighted by Gasteiger charge is -2.39. The standard InChI is InChI=1S/C13H9F7O2/c1-7-2-3-8-4-5-10(21,22-9(8)6-7)11(14,15)12(16,17)13(18,19)20/h2-6,21H,1H3. The van der Waals surface area contributed by atoms with E-state index in [9.17, 15) is 35.8 Å². The van der Waals surface area contributed by atoms with Crippen molar-refractivity contribution in [3.8, 4) is 5.75 Å². The fourth-order valence-corrected chi connectivity index (χ4v) is 1.84. The predicted molar refractivity (Wildman–Crippen MR) is 61.7 cm³/mol. The maximum Gasteiger partial charge on any atom is 0.460 e. The molecule has 1 aromatic carbocycles. The minimum absolute atomic E-state index is 0.0737. The number of rotatable bonds is 2. The van der Waals surface area contributed by atoms with Crippen molar-refractivity contribution in [3.05, 3.63) is 35.4 Å². The summed E-state index contributed by atoms with van der Waals surface area (Å²) in [5.41, 5.74) is 0.628. The number of aryl methyl sites for hydroxylation is 1. The molecule has 0 spiro atoms. The van der Waals surface area contributed by atoms with E-state index in [0.717, 1.165) is 12.1 Å². The molecule has 2 nitrogen and oxygen atoms in total. The molecule has 1 unspecified atom stereocenters. The van der Waals surface area contributed by atoms with Crippen LogP contribution in [0.15, 0.2) is 24.3 Å². The molecule has 0 radical (unpaired) electrons. The Bertz CT molecular complexity index is 621. The Hall–Kier alpha value is -1.77. The second kappa shape index (κ2) is 4.61. The first-order valence-electron chi connectivity index (χ1n) is 5.85. The maximum atomic E-state index is 13.7. The van der Waals surface area contributed by atoms with Crippen molar-refractivity contribution in [2.75, 3.05) is 0 Å². The molecule has 0 saturated heterocycles. The third-order valence-electron chi connectivity index (χ3n) is 3.12. The van der Waals surface area contributed by atoms with Crippen LogP contribution in [0.4, 0.5) is 30.7 Å². The van der Waals surface area contributed by atoms with Gasteiger partial charge < -0.3 is 9.84 Å². The summed E-state index contributed by atoms with van der Waals surface area (Å²) in [6, 6.07) is 4.05. The normalized spacial score (nSPS) is 22.2. The molecule has 9 heteroatoms. The van der Waals surface area contributed by atoms with Crippen molar-refractivity contribution in [2.45, 2.75) is 30.7 Å². The maximum absolute atomic E-state index is 13.7. The van der Waals surface area contributed by atoms with E-state index in [1.807, 2.05) is 0 Å². The van der Waals surface area contributed by atoms with E-state index in [2.05, 4.69) is 4.74 Å². The van der Waals surface area contributed by atoms with Crippen LogP contribution in [-0.4, -0.2) is 28.9 Å². The van der Waals surface area contributed by atoms with Crippen LogP contribution in [-0.2, 0) is 0 Å². The van der Waals surface area contributed by atoms with Crippen molar-refractivity contribution in [1.29, 1.82) is 0 Å². The second-order valence-electron chi connectivity index (χ2n) is 4.82. The molecular weight excluding hydrogens is 321 g/mol. The number of halogens is 7. The molecule has 122 valence electrons. The lowest BCUT2D eigenvalue weighted by molar-refractivity contribution is -0.405. The SMILES string of the molecule is Cc1ccc2c(c1)OC(O)(C(F)(F)C(F)(F)C(F)(F)F)C=C2. The van der Waals surface area contributed by atoms with Gasteiger partial charge in [-0.15, -0.1) is 0 Å². The van der Waals surface area contributed by atoms with Crippen LogP contribution < -0.4 is 4.74 Å². The molecule has 0 aliphatic carbocycles. The first-order chi connectivity index (χ1) is 9.82. The van der Waals surface area contributed by atoms with Crippen LogP contribution in [0, 0.1) is 6.92 Å². The highest BCUT2D eigenvalue weighted by Gasteiger charge is 2.81. The Morgan fingerprint density at radius 2 is 1.64 bits per heavy atom. The highest BCUT2D eigenvalue weighted by Crippen LogP contribution is 2.53. The molecule has 0 amide bonds. The summed E-state index contributed by atoms with van der Waals surface area (Å²) in [5, 5.41) is 9.60. The molecule has 22 heavy (non-hydrogen) atoms. The highest BCUT2D eigenvalue weighted by atomic mass is 19.4. The Morgan fingerprint density at radius 1 is 1.05 bits per heavy atom. The molecule has 0 saturated carbocycles. The zero-order chi connectivity index (χ0) is 17.0. The van der Waals surface area contributed by atoms with E-state index < -0.39 is 29.6 Å². The summed E-state index contributed by atoms with van der Waals surface area (Å²) in [5.74, 6) is -17.0. The van der Waals surface area contributed by atoms with Crippen LogP contribution in [0.2, 0.25) is 0 Å². The number of benzene rings is 1. The quantitative estimate of drug-likeness (QED) is 0.833. The average Bonchev–Trinajstić information content (AvgIpc) is 2.36. The van der Waals surface area contributed by atoms with E-state index in [4.69, 9.17) is 0 Å². The smallest absolute Gasteiger partial charge is 0.452 e. The van der Waals surface area contributed by atoms with Crippen molar-refractivity contribution in [1.82, 2.24) is 0 Å². The number of hydrogen-bond donors (Lipinski definition) is 1. The Kier molecular flexibility index (Phi) is 3.48. The predicted octanol–water partition coefficient (Wildman–Crippen LogP) is 3.92. The zero-order valence-electron chi connectivity index (χ0n) is 10.9. The summed E-state index contributed by atoms with van der Waals surface area (Å²) in [4.78, 5) is 0. The van der Waals surface area contributed by atoms with Gasteiger partial charge in [0.15, 0.2) is 0 Å². The van der Waals surface area contributed by atoms with Crippen LogP contribution in [0.1, 0.15) is 11.1 Å². The fraction of sp³-hybridized carbons (Fsp3) is 0.385. The molecule has 1 aromatic rings. The zero-order valence-corrected chi connectivity index (χ0v) is 10.9. The number of aliphatic hydroxyl groups is 1. The molecule has 1 aliphatic rings. The number of hydrogen-bond acceptors (Lipinski definition) is 2. The van der Waals surface area contributed by atoms with Crippen LogP contribution in [0.25, 0.3) is 6.08 Å². The Labute approximate surface area is 119 Å². The van der Waals surface area contributed by atoms with Gasteiger partial charge in [0.05, 0.1) is 0 Å². The molecule has 1 N–H and O–H groups in total. The van der Waals surface area contributed by atoms with Gasteiger partial charge in [0.25, 0.3) is 5.79 Å². The fourth-order valence-electron chi connectivity index (χ4n) is 1.84. The van der Waals surface area contributed by atoms with Gasteiger partial charge in [-0.05, 0) is 30.7 Å². The van der Waals surface area contributed by atoms with Crippen molar-refractivity contribution < 1.29 is 40.6 Å². The minimum Gasteiger partial charge on any atom is -0.452 e. The van der Waals surface area contributed by atoms with Gasteiger partial charge in [0.1, 0.15) is 5.75 Å². The first kappa shape index (κ1) is 16.6. The van der Waals surface area contributed by atoms with E-state index in [0.29, 0.717) is 5.56 Å². The van der Waals surface area contributed by atoms with E-state index in [-0.39, 0.29) is 11.6 Å². The molecule has 1 aliphatic heterocycles. The number of alkyl halides is 7. The van der Waals surface area contributed by atoms with Crippen molar-refractivity contribution in [2.24, 2.45) is 0 Å². The lowest BCUT2D eigenvalue weighted by Crippen LogP contribution is -2.66. The van der Waals surface area contributed by atoms with Gasteiger partial charge >= 0.3 is 18.0 Å². The molecule has 2 rings (SSSR count). The van der Waals surface area contributed by atoms with Crippen LogP contribution >= 0.6 is 0 Å². The van der Waals surface area contributed by atoms with Gasteiger partial charge in [0.2, 0.25) is 0 Å². The van der Waals surface area contributed by atoms with E-state index >= 15 is 0 Å². The topological polar surface area (TPSA) is 29.5 Å². The first-order valence-corrected chi connectivity index (χ1v) is 5.85. The second-order valence-corrected chi connectivity index (χ2v) is 4.82. The van der Waals surface area contributed by atoms with Gasteiger partial charge in [-0.25, -0.2) is 0 Å². The Morgan fingerprint density at radius 3 is 2.18 bits per heavy atom. The monoisotopic (exact) mass is 330 g/mol. The lowest BCUT2D eigenvalue weighted by atomic mass is 9.97. The van der Waals surface area contributed by atoms with E-state index in [1.165, 1.54) is 13.0 Å². The summed E-state index contributed by atoms with van der Waals surface area (Å²) in [7, 11) is 0. The summed E-state index contributed by atoms with van der Waals surface area (Å²) in [6.07, 6.45) is -5.70. The average molecular weight is 330 g/mol. The third kappa shape index (κ3) is 2.23. The highest BCUT2D eigenvalue weighted by molar-refractivity contribution is 5.61. The number of fused-ring (bicyclic) bond motifs is 1. The minimum atomic E-state index is -6.56. The molecule has 1 heterocycles. The van der Waals surface area contributed by atoms with Crippen molar-refractivity contribution >= 4 is 6.08 Å². The Balaban J connectivity index is 2.49. The molecule has 0 fully saturated rings. The molecule has 0 aromatic heterocycles. The largest absolute Gasteiger partial charge is 0.460 e. The van der Waals surface area contributed by atoms with Crippen LogP contribution in [0.5, 0.6) is 5.75 Å². The van der Waals surface area contributed by atoms with Crippen LogP contribution in [0.3, 0.4) is 0 Å². The molecule has 0 bridgehead atoms. The van der Waals surface area contributed by atoms with Gasteiger partial charge in [-0.2, -0.15) is 30.7 Å². The summed E-state index contributed by atoms with van der Waals surface area (Å²) >= 11 is 0. The van der Waals surface area contributed by atoms with E-state index in [1.54, 1.807) is 6.07 Å². The molecule has 1 atom stereocenters. The van der Waals surface area contributed by atoms with Gasteiger partial charge in [-0.3, -0.25) is 0 Å². The van der Waals surface area contributed by atoms with Crippen molar-refractivity contribution in [3.63, 3.8) is 0 Å². The summed E-state index contributed by atoms with van der Waals surface area (Å²) < 4.78 is 94.4. The third-order valence-corrected chi connectivity index (χ3v) is 3.12. The van der Waals surface area contributed by atoms with Gasteiger partial charge in [-0.1, -0.05) is 12.1 Å². The summed E-state index contributed by atoms with van der Waals surface area (Å²) in [6.45, 7) is 1.52. The number of ether oxygens (including phenoxy) is 1. The van der Waals surface area contributed by atoms with Gasteiger partial charge in [0, 0.05) is 5.56 Å².